The van der Waals surface area contributed by atoms with E-state index in [2.05, 4.69) is 4.74 Å². The maximum Gasteiger partial charge on any atom is 0.343 e. The Morgan fingerprint density at radius 3 is 2.50 bits per heavy atom. The molecule has 7 heteroatoms. The van der Waals surface area contributed by atoms with Crippen LogP contribution in [0.1, 0.15) is 28.4 Å². The second kappa shape index (κ2) is 6.89. The Bertz CT molecular complexity index is 895. The van der Waals surface area contributed by atoms with E-state index in [0.29, 0.717) is 23.1 Å². The van der Waals surface area contributed by atoms with Crippen molar-refractivity contribution in [3.05, 3.63) is 62.9 Å². The van der Waals surface area contributed by atoms with Crippen molar-refractivity contribution in [2.45, 2.75) is 18.8 Å². The van der Waals surface area contributed by atoms with Gasteiger partial charge in [0.05, 0.1) is 17.5 Å². The van der Waals surface area contributed by atoms with Gasteiger partial charge in [0, 0.05) is 5.56 Å². The lowest BCUT2D eigenvalue weighted by Gasteiger charge is -2.22. The molecule has 2 aromatic carbocycles. The molecule has 1 aliphatic rings. The number of rotatable bonds is 4. The summed E-state index contributed by atoms with van der Waals surface area (Å²) < 4.78 is 23.1. The van der Waals surface area contributed by atoms with Crippen molar-refractivity contribution in [3.8, 4) is 5.75 Å². The first-order valence-electron chi connectivity index (χ1n) is 7.79. The zero-order valence-electron chi connectivity index (χ0n) is 14.1. The summed E-state index contributed by atoms with van der Waals surface area (Å²) in [7, 11) is 1.25. The number of esters is 1. The lowest BCUT2D eigenvalue weighted by Crippen LogP contribution is -2.29. The summed E-state index contributed by atoms with van der Waals surface area (Å²) in [5, 5.41) is 0.144. The Balaban J connectivity index is 2.00. The first-order chi connectivity index (χ1) is 12.3. The molecule has 0 heterocycles. The fourth-order valence-electron chi connectivity index (χ4n) is 3.13. The molecule has 2 aromatic rings. The van der Waals surface area contributed by atoms with Gasteiger partial charge in [-0.3, -0.25) is 4.79 Å². The summed E-state index contributed by atoms with van der Waals surface area (Å²) in [6.45, 7) is 1.45. The van der Waals surface area contributed by atoms with Gasteiger partial charge in [-0.1, -0.05) is 35.3 Å². The quantitative estimate of drug-likeness (QED) is 0.719. The van der Waals surface area contributed by atoms with Crippen LogP contribution in [-0.2, 0) is 21.4 Å². The second-order valence-corrected chi connectivity index (χ2v) is 7.00. The van der Waals surface area contributed by atoms with Gasteiger partial charge in [-0.25, -0.2) is 9.18 Å². The average molecular weight is 397 g/mol. The fourth-order valence-corrected chi connectivity index (χ4v) is 3.63. The number of halogens is 3. The summed E-state index contributed by atoms with van der Waals surface area (Å²) in [4.78, 5) is 24.3. The minimum Gasteiger partial charge on any atom is -0.480 e. The molecular formula is C19H15Cl2FO4. The molecule has 0 fully saturated rings. The third-order valence-corrected chi connectivity index (χ3v) is 5.43. The van der Waals surface area contributed by atoms with E-state index in [4.69, 9.17) is 27.9 Å². The molecule has 0 spiro atoms. The number of carbonyl (C=O) groups excluding carboxylic acids is 2. The van der Waals surface area contributed by atoms with E-state index in [-0.39, 0.29) is 34.0 Å². The highest BCUT2D eigenvalue weighted by atomic mass is 35.5. The first-order valence-corrected chi connectivity index (χ1v) is 8.55. The van der Waals surface area contributed by atoms with Gasteiger partial charge in [0.2, 0.25) is 0 Å². The number of carbonyl (C=O) groups is 2. The maximum absolute atomic E-state index is 13.2. The molecule has 0 saturated heterocycles. The molecule has 0 aliphatic heterocycles. The molecule has 0 N–H and O–H groups in total. The van der Waals surface area contributed by atoms with Gasteiger partial charge in [0.25, 0.3) is 0 Å². The molecule has 0 saturated carbocycles. The number of hydrogen-bond acceptors (Lipinski definition) is 4. The van der Waals surface area contributed by atoms with E-state index in [1.54, 1.807) is 25.1 Å². The third kappa shape index (κ3) is 3.06. The minimum absolute atomic E-state index is 0.0611. The van der Waals surface area contributed by atoms with E-state index in [1.807, 2.05) is 0 Å². The number of benzene rings is 2. The molecule has 3 rings (SSSR count). The van der Waals surface area contributed by atoms with Crippen molar-refractivity contribution in [2.24, 2.45) is 0 Å². The van der Waals surface area contributed by atoms with E-state index < -0.39 is 11.4 Å². The van der Waals surface area contributed by atoms with Crippen LogP contribution in [0.15, 0.2) is 30.3 Å². The van der Waals surface area contributed by atoms with Crippen molar-refractivity contribution in [1.82, 2.24) is 0 Å². The molecule has 0 radical (unpaired) electrons. The average Bonchev–Trinajstić information content (AvgIpc) is 2.88. The number of Topliss-reactive ketones (excluding diaryl/α,β-unsaturated/α-hetero) is 1. The van der Waals surface area contributed by atoms with E-state index in [1.165, 1.54) is 19.2 Å². The number of fused-ring (bicyclic) bond motifs is 1. The monoisotopic (exact) mass is 396 g/mol. The molecule has 1 atom stereocenters. The Hall–Kier alpha value is -2.11. The van der Waals surface area contributed by atoms with Gasteiger partial charge in [-0.05, 0) is 42.7 Å². The predicted octanol–water partition coefficient (Wildman–Crippen LogP) is 4.38. The number of ketones is 1. The highest BCUT2D eigenvalue weighted by Crippen LogP contribution is 2.47. The number of ether oxygens (including phenoxy) is 2. The van der Waals surface area contributed by atoms with Crippen LogP contribution in [0.3, 0.4) is 0 Å². The largest absolute Gasteiger partial charge is 0.480 e. The number of methoxy groups -OCH3 is 1. The zero-order valence-corrected chi connectivity index (χ0v) is 15.6. The van der Waals surface area contributed by atoms with Gasteiger partial charge >= 0.3 is 5.97 Å². The van der Waals surface area contributed by atoms with Crippen molar-refractivity contribution < 1.29 is 23.5 Å². The Morgan fingerprint density at radius 1 is 1.23 bits per heavy atom. The molecule has 136 valence electrons. The van der Waals surface area contributed by atoms with E-state index >= 15 is 0 Å². The molecule has 26 heavy (non-hydrogen) atoms. The third-order valence-electron chi connectivity index (χ3n) is 4.58. The fraction of sp³-hybridized carbons (Fsp3) is 0.263. The standard InChI is InChI=1S/C19H15Cl2FO4/c1-19(11-3-5-12(22)6-4-11)8-10-7-13(26-9-14(23)25-2)16(20)17(21)15(10)18(19)24/h3-7H,8-9H2,1-2H3/t19-/m1/s1. The van der Waals surface area contributed by atoms with Crippen LogP contribution in [0.5, 0.6) is 5.75 Å². The van der Waals surface area contributed by atoms with Crippen LogP contribution in [0.4, 0.5) is 4.39 Å². The van der Waals surface area contributed by atoms with Crippen molar-refractivity contribution >= 4 is 35.0 Å². The van der Waals surface area contributed by atoms with Crippen LogP contribution >= 0.6 is 23.2 Å². The van der Waals surface area contributed by atoms with Crippen molar-refractivity contribution in [3.63, 3.8) is 0 Å². The highest BCUT2D eigenvalue weighted by molar-refractivity contribution is 6.45. The van der Waals surface area contributed by atoms with Gasteiger partial charge in [0.1, 0.15) is 16.6 Å². The second-order valence-electron chi connectivity index (χ2n) is 6.25. The van der Waals surface area contributed by atoms with Crippen molar-refractivity contribution in [1.29, 1.82) is 0 Å². The van der Waals surface area contributed by atoms with Crippen LogP contribution < -0.4 is 4.74 Å². The molecule has 1 aliphatic carbocycles. The Kier molecular flexibility index (Phi) is 4.95. The molecule has 0 amide bonds. The molecule has 0 unspecified atom stereocenters. The SMILES string of the molecule is COC(=O)COc1cc2c(c(Cl)c1Cl)C(=O)[C@@](C)(c1ccc(F)cc1)C2. The first kappa shape index (κ1) is 18.7. The summed E-state index contributed by atoms with van der Waals surface area (Å²) in [5.41, 5.74) is 0.790. The minimum atomic E-state index is -0.885. The molecule has 0 aromatic heterocycles. The van der Waals surface area contributed by atoms with Crippen LogP contribution in [-0.4, -0.2) is 25.5 Å². The smallest absolute Gasteiger partial charge is 0.343 e. The number of hydrogen-bond donors (Lipinski definition) is 0. The van der Waals surface area contributed by atoms with Crippen molar-refractivity contribution in [2.75, 3.05) is 13.7 Å². The van der Waals surface area contributed by atoms with Gasteiger partial charge in [-0.2, -0.15) is 0 Å². The lowest BCUT2D eigenvalue weighted by molar-refractivity contribution is -0.142. The predicted molar refractivity (Wildman–Crippen MR) is 95.8 cm³/mol. The normalized spacial score (nSPS) is 18.6. The van der Waals surface area contributed by atoms with Crippen LogP contribution in [0.25, 0.3) is 0 Å². The summed E-state index contributed by atoms with van der Waals surface area (Å²) in [6.07, 6.45) is 0.359. The van der Waals surface area contributed by atoms with Crippen LogP contribution in [0, 0.1) is 5.82 Å². The molecule has 0 bridgehead atoms. The Labute approximate surface area is 159 Å². The topological polar surface area (TPSA) is 52.6 Å². The molecular weight excluding hydrogens is 382 g/mol. The van der Waals surface area contributed by atoms with Gasteiger partial charge < -0.3 is 9.47 Å². The Morgan fingerprint density at radius 2 is 1.88 bits per heavy atom. The van der Waals surface area contributed by atoms with Gasteiger partial charge in [-0.15, -0.1) is 0 Å². The maximum atomic E-state index is 13.2. The van der Waals surface area contributed by atoms with Crippen LogP contribution in [0.2, 0.25) is 10.0 Å². The van der Waals surface area contributed by atoms with E-state index in [9.17, 15) is 14.0 Å². The molecule has 4 nitrogen and oxygen atoms in total. The summed E-state index contributed by atoms with van der Waals surface area (Å²) in [5.74, 6) is -0.924. The van der Waals surface area contributed by atoms with E-state index in [0.717, 1.165) is 0 Å². The summed E-state index contributed by atoms with van der Waals surface area (Å²) in [6, 6.07) is 7.42. The summed E-state index contributed by atoms with van der Waals surface area (Å²) >= 11 is 12.5. The zero-order chi connectivity index (χ0) is 19.1. The lowest BCUT2D eigenvalue weighted by atomic mass is 9.79. The highest BCUT2D eigenvalue weighted by Gasteiger charge is 2.45. The van der Waals surface area contributed by atoms with Gasteiger partial charge in [0.15, 0.2) is 12.4 Å².